The Morgan fingerprint density at radius 1 is 1.00 bits per heavy atom. The first-order valence-electron chi connectivity index (χ1n) is 11.3. The summed E-state index contributed by atoms with van der Waals surface area (Å²) in [4.78, 5) is 13.6. The second kappa shape index (κ2) is 9.12. The molecule has 2 heterocycles. The van der Waals surface area contributed by atoms with Gasteiger partial charge in [-0.15, -0.1) is 0 Å². The molecule has 31 heavy (non-hydrogen) atoms. The summed E-state index contributed by atoms with van der Waals surface area (Å²) in [6.45, 7) is 7.77. The van der Waals surface area contributed by atoms with Gasteiger partial charge in [0.05, 0.1) is 11.1 Å². The molecule has 2 N–H and O–H groups in total. The summed E-state index contributed by atoms with van der Waals surface area (Å²) in [6, 6.07) is 7.64. The summed E-state index contributed by atoms with van der Waals surface area (Å²) in [5.74, 6) is 0.852. The van der Waals surface area contributed by atoms with Gasteiger partial charge >= 0.3 is 0 Å². The standard InChI is InChI=1S/C23H33N5O2S/c1-17(2)18-8-10-20(11-9-18)31(29,30)21-16-25-23(26-22(21)24)28-14-12-27(13-15-28)19-6-4-3-5-7-19/h8-11,16-17,19H,3-7,12-15H2,1-2H3,(H2,24,25,26). The molecule has 0 unspecified atom stereocenters. The quantitative estimate of drug-likeness (QED) is 0.756. The van der Waals surface area contributed by atoms with Crippen molar-refractivity contribution >= 4 is 21.6 Å². The minimum atomic E-state index is -3.76. The van der Waals surface area contributed by atoms with Crippen LogP contribution in [0.5, 0.6) is 0 Å². The molecule has 1 saturated carbocycles. The molecule has 2 aromatic rings. The van der Waals surface area contributed by atoms with E-state index in [1.54, 1.807) is 12.1 Å². The highest BCUT2D eigenvalue weighted by molar-refractivity contribution is 7.91. The molecule has 1 aromatic heterocycles. The number of piperazine rings is 1. The first-order valence-corrected chi connectivity index (χ1v) is 12.8. The Balaban J connectivity index is 1.46. The number of anilines is 2. The average Bonchev–Trinajstić information content (AvgIpc) is 2.79. The predicted molar refractivity (Wildman–Crippen MR) is 123 cm³/mol. The normalized spacial score (nSPS) is 19.1. The Bertz CT molecular complexity index is 993. The van der Waals surface area contributed by atoms with Crippen molar-refractivity contribution in [2.75, 3.05) is 36.8 Å². The number of nitrogens with zero attached hydrogens (tertiary/aromatic N) is 4. The summed E-state index contributed by atoms with van der Waals surface area (Å²) in [7, 11) is -3.76. The van der Waals surface area contributed by atoms with Crippen LogP contribution in [-0.2, 0) is 9.84 Å². The Hall–Kier alpha value is -2.19. The summed E-state index contributed by atoms with van der Waals surface area (Å²) in [5, 5.41) is 0. The second-order valence-electron chi connectivity index (χ2n) is 8.96. The van der Waals surface area contributed by atoms with E-state index in [9.17, 15) is 8.42 Å². The monoisotopic (exact) mass is 443 g/mol. The zero-order chi connectivity index (χ0) is 22.0. The van der Waals surface area contributed by atoms with Crippen molar-refractivity contribution in [3.8, 4) is 0 Å². The molecule has 1 saturated heterocycles. The van der Waals surface area contributed by atoms with Gasteiger partial charge in [0, 0.05) is 32.2 Å². The van der Waals surface area contributed by atoms with Gasteiger partial charge in [-0.3, -0.25) is 4.90 Å². The first kappa shape index (κ1) is 22.0. The molecule has 1 aliphatic carbocycles. The number of rotatable bonds is 5. The highest BCUT2D eigenvalue weighted by atomic mass is 32.2. The number of aromatic nitrogens is 2. The molecule has 0 spiro atoms. The molecule has 1 aromatic carbocycles. The van der Waals surface area contributed by atoms with Crippen LogP contribution in [-0.4, -0.2) is 55.5 Å². The van der Waals surface area contributed by atoms with Gasteiger partial charge in [-0.05, 0) is 36.5 Å². The van der Waals surface area contributed by atoms with E-state index in [4.69, 9.17) is 5.73 Å². The van der Waals surface area contributed by atoms with Gasteiger partial charge in [0.2, 0.25) is 15.8 Å². The van der Waals surface area contributed by atoms with Gasteiger partial charge in [0.1, 0.15) is 10.7 Å². The topological polar surface area (TPSA) is 92.4 Å². The molecule has 2 aliphatic rings. The SMILES string of the molecule is CC(C)c1ccc(S(=O)(=O)c2cnc(N3CCN(C4CCCCC4)CC3)nc2N)cc1. The van der Waals surface area contributed by atoms with Crippen molar-refractivity contribution in [2.24, 2.45) is 0 Å². The fourth-order valence-corrected chi connectivity index (χ4v) is 5.89. The number of nitrogens with two attached hydrogens (primary N) is 1. The van der Waals surface area contributed by atoms with Crippen LogP contribution in [0.4, 0.5) is 11.8 Å². The van der Waals surface area contributed by atoms with Gasteiger partial charge in [0.25, 0.3) is 0 Å². The molecule has 2 fully saturated rings. The predicted octanol–water partition coefficient (Wildman–Crippen LogP) is 3.47. The van der Waals surface area contributed by atoms with Crippen molar-refractivity contribution in [3.05, 3.63) is 36.0 Å². The Labute approximate surface area is 185 Å². The van der Waals surface area contributed by atoms with Gasteiger partial charge < -0.3 is 10.6 Å². The maximum absolute atomic E-state index is 13.1. The lowest BCUT2D eigenvalue weighted by Gasteiger charge is -2.40. The smallest absolute Gasteiger partial charge is 0.227 e. The van der Waals surface area contributed by atoms with Crippen LogP contribution in [0.2, 0.25) is 0 Å². The van der Waals surface area contributed by atoms with Crippen molar-refractivity contribution in [1.82, 2.24) is 14.9 Å². The van der Waals surface area contributed by atoms with E-state index in [1.165, 1.54) is 38.3 Å². The van der Waals surface area contributed by atoms with Gasteiger partial charge in [0.15, 0.2) is 0 Å². The minimum Gasteiger partial charge on any atom is -0.382 e. The van der Waals surface area contributed by atoms with Crippen molar-refractivity contribution in [2.45, 2.75) is 67.7 Å². The van der Waals surface area contributed by atoms with Crippen LogP contribution < -0.4 is 10.6 Å². The van der Waals surface area contributed by atoms with E-state index in [0.29, 0.717) is 17.9 Å². The van der Waals surface area contributed by atoms with Crippen molar-refractivity contribution in [1.29, 1.82) is 0 Å². The Morgan fingerprint density at radius 2 is 1.65 bits per heavy atom. The maximum atomic E-state index is 13.1. The zero-order valence-electron chi connectivity index (χ0n) is 18.5. The van der Waals surface area contributed by atoms with E-state index >= 15 is 0 Å². The van der Waals surface area contributed by atoms with Crippen LogP contribution in [0.1, 0.15) is 57.4 Å². The van der Waals surface area contributed by atoms with E-state index in [2.05, 4.69) is 33.6 Å². The summed E-state index contributed by atoms with van der Waals surface area (Å²) >= 11 is 0. The Morgan fingerprint density at radius 3 is 2.23 bits per heavy atom. The molecule has 8 heteroatoms. The molecule has 168 valence electrons. The summed E-state index contributed by atoms with van der Waals surface area (Å²) in [6.07, 6.45) is 7.99. The number of benzene rings is 1. The highest BCUT2D eigenvalue weighted by Gasteiger charge is 2.28. The fraction of sp³-hybridized carbons (Fsp3) is 0.565. The van der Waals surface area contributed by atoms with Crippen molar-refractivity contribution in [3.63, 3.8) is 0 Å². The molecule has 4 rings (SSSR count). The third kappa shape index (κ3) is 4.70. The molecule has 0 bridgehead atoms. The van der Waals surface area contributed by atoms with Crippen LogP contribution in [0.15, 0.2) is 40.3 Å². The number of sulfone groups is 1. The van der Waals surface area contributed by atoms with Crippen LogP contribution in [0.25, 0.3) is 0 Å². The van der Waals surface area contributed by atoms with Crippen molar-refractivity contribution < 1.29 is 8.42 Å². The molecule has 7 nitrogen and oxygen atoms in total. The summed E-state index contributed by atoms with van der Waals surface area (Å²) in [5.41, 5.74) is 7.20. The minimum absolute atomic E-state index is 0.00708. The fourth-order valence-electron chi connectivity index (χ4n) is 4.63. The van der Waals surface area contributed by atoms with E-state index in [1.807, 2.05) is 12.1 Å². The molecule has 0 atom stereocenters. The molecular weight excluding hydrogens is 410 g/mol. The van der Waals surface area contributed by atoms with E-state index in [0.717, 1.165) is 31.7 Å². The zero-order valence-corrected chi connectivity index (χ0v) is 19.3. The van der Waals surface area contributed by atoms with Gasteiger partial charge in [-0.2, -0.15) is 4.98 Å². The first-order chi connectivity index (χ1) is 14.9. The maximum Gasteiger partial charge on any atom is 0.227 e. The third-order valence-corrected chi connectivity index (χ3v) is 8.39. The highest BCUT2D eigenvalue weighted by Crippen LogP contribution is 2.28. The Kier molecular flexibility index (Phi) is 6.48. The lowest BCUT2D eigenvalue weighted by atomic mass is 9.94. The number of hydrogen-bond acceptors (Lipinski definition) is 7. The molecule has 1 aliphatic heterocycles. The molecule has 0 radical (unpaired) electrons. The lowest BCUT2D eigenvalue weighted by Crippen LogP contribution is -2.51. The van der Waals surface area contributed by atoms with E-state index in [-0.39, 0.29) is 15.6 Å². The largest absolute Gasteiger partial charge is 0.382 e. The van der Waals surface area contributed by atoms with Crippen LogP contribution in [0.3, 0.4) is 0 Å². The third-order valence-electron chi connectivity index (χ3n) is 6.60. The second-order valence-corrected chi connectivity index (χ2v) is 10.9. The van der Waals surface area contributed by atoms with Crippen LogP contribution >= 0.6 is 0 Å². The van der Waals surface area contributed by atoms with E-state index < -0.39 is 9.84 Å². The van der Waals surface area contributed by atoms with Gasteiger partial charge in [-0.25, -0.2) is 13.4 Å². The number of hydrogen-bond donors (Lipinski definition) is 1. The molecule has 0 amide bonds. The summed E-state index contributed by atoms with van der Waals surface area (Å²) < 4.78 is 26.1. The number of nitrogen functional groups attached to an aromatic ring is 1. The van der Waals surface area contributed by atoms with Gasteiger partial charge in [-0.1, -0.05) is 45.2 Å². The lowest BCUT2D eigenvalue weighted by molar-refractivity contribution is 0.147. The molecular formula is C23H33N5O2S. The average molecular weight is 444 g/mol. The van der Waals surface area contributed by atoms with Crippen LogP contribution in [0, 0.1) is 0 Å².